The van der Waals surface area contributed by atoms with Crippen LogP contribution in [0.2, 0.25) is 0 Å². The van der Waals surface area contributed by atoms with Crippen molar-refractivity contribution in [3.63, 3.8) is 0 Å². The van der Waals surface area contributed by atoms with Crippen molar-refractivity contribution in [2.75, 3.05) is 5.73 Å². The zero-order valence-electron chi connectivity index (χ0n) is 9.00. The summed E-state index contributed by atoms with van der Waals surface area (Å²) in [7, 11) is 0. The molecule has 0 saturated heterocycles. The second-order valence-electron chi connectivity index (χ2n) is 3.37. The van der Waals surface area contributed by atoms with Crippen molar-refractivity contribution < 1.29 is 18.1 Å². The van der Waals surface area contributed by atoms with Gasteiger partial charge in [0.2, 0.25) is 11.8 Å². The largest absolute Gasteiger partial charge is 0.419 e. The van der Waals surface area contributed by atoms with Gasteiger partial charge < -0.3 is 5.73 Å². The maximum absolute atomic E-state index is 12.4. The van der Waals surface area contributed by atoms with E-state index in [2.05, 4.69) is 15.1 Å². The van der Waals surface area contributed by atoms with Gasteiger partial charge in [0.05, 0.1) is 16.7 Å². The third-order valence-electron chi connectivity index (χ3n) is 2.09. The molecule has 0 radical (unpaired) electrons. The molecular weight excluding hydrogens is 269 g/mol. The predicted molar refractivity (Wildman–Crippen MR) is 55.2 cm³/mol. The van der Waals surface area contributed by atoms with E-state index < -0.39 is 28.2 Å². The molecule has 0 atom stereocenters. The molecule has 0 fully saturated rings. The Morgan fingerprint density at radius 3 is 2.58 bits per heavy atom. The molecule has 0 aliphatic heterocycles. The minimum absolute atomic E-state index is 0.315. The number of nitrogens with two attached hydrogens (primary N) is 1. The first-order valence-electron chi connectivity index (χ1n) is 4.68. The van der Waals surface area contributed by atoms with Crippen LogP contribution in [0.3, 0.4) is 0 Å². The molecule has 0 unspecified atom stereocenters. The average Bonchev–Trinajstić information content (AvgIpc) is 2.77. The van der Waals surface area contributed by atoms with Crippen LogP contribution in [-0.2, 0) is 6.18 Å². The summed E-state index contributed by atoms with van der Waals surface area (Å²) in [6, 6.07) is 0. The Morgan fingerprint density at radius 1 is 1.37 bits per heavy atom. The SMILES string of the molecule is Nc1ncc([N+](=O)[O-])c(-n2cc(C(F)(F)F)cn2)n1. The summed E-state index contributed by atoms with van der Waals surface area (Å²) in [6.07, 6.45) is -2.70. The van der Waals surface area contributed by atoms with Crippen molar-refractivity contribution in [2.24, 2.45) is 0 Å². The monoisotopic (exact) mass is 274 g/mol. The summed E-state index contributed by atoms with van der Waals surface area (Å²) < 4.78 is 37.9. The number of nitrogen functional groups attached to an aromatic ring is 1. The van der Waals surface area contributed by atoms with E-state index in [9.17, 15) is 23.3 Å². The Kier molecular flexibility index (Phi) is 2.81. The molecule has 0 spiro atoms. The van der Waals surface area contributed by atoms with Gasteiger partial charge in [0.25, 0.3) is 0 Å². The third-order valence-corrected chi connectivity index (χ3v) is 2.09. The van der Waals surface area contributed by atoms with E-state index in [0.717, 1.165) is 6.20 Å². The highest BCUT2D eigenvalue weighted by Gasteiger charge is 2.33. The average molecular weight is 274 g/mol. The lowest BCUT2D eigenvalue weighted by atomic mass is 10.3. The molecule has 0 bridgehead atoms. The van der Waals surface area contributed by atoms with Crippen LogP contribution in [0.1, 0.15) is 5.56 Å². The Morgan fingerprint density at radius 2 is 2.05 bits per heavy atom. The van der Waals surface area contributed by atoms with Gasteiger partial charge in [-0.3, -0.25) is 10.1 Å². The molecule has 0 amide bonds. The lowest BCUT2D eigenvalue weighted by Crippen LogP contribution is -2.07. The summed E-state index contributed by atoms with van der Waals surface area (Å²) in [4.78, 5) is 16.8. The minimum atomic E-state index is -4.61. The lowest BCUT2D eigenvalue weighted by molar-refractivity contribution is -0.385. The molecule has 100 valence electrons. The quantitative estimate of drug-likeness (QED) is 0.649. The summed E-state index contributed by atoms with van der Waals surface area (Å²) in [5.41, 5.74) is 3.59. The predicted octanol–water partition coefficient (Wildman–Crippen LogP) is 1.17. The number of nitrogens with zero attached hydrogens (tertiary/aromatic N) is 5. The number of hydrogen-bond acceptors (Lipinski definition) is 6. The maximum atomic E-state index is 12.4. The molecule has 0 saturated carbocycles. The van der Waals surface area contributed by atoms with Crippen LogP contribution in [0.4, 0.5) is 24.8 Å². The fourth-order valence-corrected chi connectivity index (χ4v) is 1.26. The van der Waals surface area contributed by atoms with E-state index >= 15 is 0 Å². The lowest BCUT2D eigenvalue weighted by Gasteiger charge is -2.03. The van der Waals surface area contributed by atoms with Crippen LogP contribution in [0.5, 0.6) is 0 Å². The molecule has 19 heavy (non-hydrogen) atoms. The van der Waals surface area contributed by atoms with Crippen molar-refractivity contribution in [3.05, 3.63) is 34.3 Å². The number of rotatable bonds is 2. The number of aromatic nitrogens is 4. The van der Waals surface area contributed by atoms with Gasteiger partial charge in [-0.25, -0.2) is 9.67 Å². The summed E-state index contributed by atoms with van der Waals surface area (Å²) >= 11 is 0. The highest BCUT2D eigenvalue weighted by Crippen LogP contribution is 2.30. The molecule has 8 nitrogen and oxygen atoms in total. The minimum Gasteiger partial charge on any atom is -0.368 e. The topological polar surface area (TPSA) is 113 Å². The van der Waals surface area contributed by atoms with Gasteiger partial charge in [0, 0.05) is 6.20 Å². The molecule has 0 aliphatic rings. The third kappa shape index (κ3) is 2.43. The first-order valence-corrected chi connectivity index (χ1v) is 4.68. The Hall–Kier alpha value is -2.72. The Balaban J connectivity index is 2.55. The van der Waals surface area contributed by atoms with Crippen molar-refractivity contribution >= 4 is 11.6 Å². The van der Waals surface area contributed by atoms with Gasteiger partial charge in [-0.1, -0.05) is 0 Å². The van der Waals surface area contributed by atoms with Crippen LogP contribution in [-0.4, -0.2) is 24.7 Å². The van der Waals surface area contributed by atoms with Gasteiger partial charge in [0.15, 0.2) is 0 Å². The summed E-state index contributed by atoms with van der Waals surface area (Å²) in [5, 5.41) is 14.1. The summed E-state index contributed by atoms with van der Waals surface area (Å²) in [6.45, 7) is 0. The van der Waals surface area contributed by atoms with E-state index in [0.29, 0.717) is 17.1 Å². The molecule has 2 aromatic heterocycles. The van der Waals surface area contributed by atoms with E-state index in [1.165, 1.54) is 0 Å². The standard InChI is InChI=1S/C8H5F3N6O2/c9-8(10,11)4-1-14-16(3-4)6-5(17(18)19)2-13-7(12)15-6/h1-3H,(H2,12,13,15). The van der Waals surface area contributed by atoms with Crippen molar-refractivity contribution in [3.8, 4) is 5.82 Å². The molecule has 11 heteroatoms. The summed E-state index contributed by atoms with van der Waals surface area (Å²) in [5.74, 6) is -0.752. The van der Waals surface area contributed by atoms with Gasteiger partial charge in [0.1, 0.15) is 6.20 Å². The van der Waals surface area contributed by atoms with Crippen LogP contribution >= 0.6 is 0 Å². The molecule has 2 N–H and O–H groups in total. The molecule has 0 aromatic carbocycles. The number of alkyl halides is 3. The van der Waals surface area contributed by atoms with Crippen LogP contribution in [0.25, 0.3) is 5.82 Å². The van der Waals surface area contributed by atoms with E-state index in [1.807, 2.05) is 0 Å². The van der Waals surface area contributed by atoms with Gasteiger partial charge in [-0.05, 0) is 0 Å². The second kappa shape index (κ2) is 4.19. The number of halogens is 3. The maximum Gasteiger partial charge on any atom is 0.419 e. The van der Waals surface area contributed by atoms with Crippen LogP contribution in [0, 0.1) is 10.1 Å². The van der Waals surface area contributed by atoms with Gasteiger partial charge in [-0.2, -0.15) is 23.3 Å². The van der Waals surface area contributed by atoms with E-state index in [-0.39, 0.29) is 5.95 Å². The molecular formula is C8H5F3N6O2. The molecule has 0 aliphatic carbocycles. The normalized spacial score (nSPS) is 11.5. The van der Waals surface area contributed by atoms with Crippen molar-refractivity contribution in [2.45, 2.75) is 6.18 Å². The smallest absolute Gasteiger partial charge is 0.368 e. The first kappa shape index (κ1) is 12.7. The Labute approximate surface area is 102 Å². The fraction of sp³-hybridized carbons (Fsp3) is 0.125. The van der Waals surface area contributed by atoms with E-state index in [4.69, 9.17) is 5.73 Å². The van der Waals surface area contributed by atoms with Gasteiger partial charge >= 0.3 is 11.9 Å². The second-order valence-corrected chi connectivity index (χ2v) is 3.37. The zero-order valence-corrected chi connectivity index (χ0v) is 9.00. The number of anilines is 1. The number of hydrogen-bond donors (Lipinski definition) is 1. The van der Waals surface area contributed by atoms with Gasteiger partial charge in [-0.15, -0.1) is 0 Å². The van der Waals surface area contributed by atoms with Crippen LogP contribution in [0.15, 0.2) is 18.6 Å². The highest BCUT2D eigenvalue weighted by atomic mass is 19.4. The first-order chi connectivity index (χ1) is 8.79. The molecule has 2 heterocycles. The number of nitro groups is 1. The fourth-order valence-electron chi connectivity index (χ4n) is 1.26. The van der Waals surface area contributed by atoms with E-state index in [1.54, 1.807) is 0 Å². The zero-order chi connectivity index (χ0) is 14.2. The molecule has 2 rings (SSSR count). The Bertz CT molecular complexity index is 638. The molecule has 2 aromatic rings. The van der Waals surface area contributed by atoms with Crippen molar-refractivity contribution in [1.82, 2.24) is 19.7 Å². The van der Waals surface area contributed by atoms with Crippen LogP contribution < -0.4 is 5.73 Å². The van der Waals surface area contributed by atoms with Crippen molar-refractivity contribution in [1.29, 1.82) is 0 Å². The highest BCUT2D eigenvalue weighted by molar-refractivity contribution is 5.47.